The smallest absolute Gasteiger partial charge is 0.221 e. The van der Waals surface area contributed by atoms with Gasteiger partial charge in [0.1, 0.15) is 0 Å². The second kappa shape index (κ2) is 5.40. The summed E-state index contributed by atoms with van der Waals surface area (Å²) in [5, 5.41) is 3.33. The molecule has 3 N–H and O–H groups in total. The zero-order valence-corrected chi connectivity index (χ0v) is 10.4. The van der Waals surface area contributed by atoms with E-state index in [0.717, 1.165) is 17.8 Å². The Kier molecular flexibility index (Phi) is 3.67. The number of anilines is 1. The van der Waals surface area contributed by atoms with E-state index in [1.165, 1.54) is 5.56 Å². The van der Waals surface area contributed by atoms with Crippen LogP contribution in [-0.4, -0.2) is 10.5 Å². The predicted molar refractivity (Wildman–Crippen MR) is 72.1 cm³/mol. The first-order valence-corrected chi connectivity index (χ1v) is 5.85. The molecule has 4 heteroatoms. The molecule has 0 saturated carbocycles. The molecule has 18 heavy (non-hydrogen) atoms. The highest BCUT2D eigenvalue weighted by Crippen LogP contribution is 2.11. The molecule has 0 spiro atoms. The number of aromatic nitrogens is 1. The highest BCUT2D eigenvalue weighted by atomic mass is 16.1. The molecule has 4 nitrogen and oxygen atoms in total. The van der Waals surface area contributed by atoms with Gasteiger partial charge in [0.05, 0.1) is 6.42 Å². The van der Waals surface area contributed by atoms with Crippen LogP contribution in [0.3, 0.4) is 0 Å². The first-order valence-electron chi connectivity index (χ1n) is 5.85. The highest BCUT2D eigenvalue weighted by molar-refractivity contribution is 5.76. The first-order chi connectivity index (χ1) is 8.63. The minimum atomic E-state index is -0.306. The van der Waals surface area contributed by atoms with Crippen molar-refractivity contribution in [2.24, 2.45) is 12.8 Å². The summed E-state index contributed by atoms with van der Waals surface area (Å²) in [6.45, 7) is 0.788. The number of amides is 1. The van der Waals surface area contributed by atoms with Crippen LogP contribution >= 0.6 is 0 Å². The summed E-state index contributed by atoms with van der Waals surface area (Å²) in [5.74, 6) is -0.306. The van der Waals surface area contributed by atoms with Gasteiger partial charge in [0.2, 0.25) is 5.91 Å². The Morgan fingerprint density at radius 2 is 1.94 bits per heavy atom. The van der Waals surface area contributed by atoms with E-state index in [-0.39, 0.29) is 5.91 Å². The van der Waals surface area contributed by atoms with E-state index in [0.29, 0.717) is 6.42 Å². The zero-order valence-electron chi connectivity index (χ0n) is 10.4. The van der Waals surface area contributed by atoms with Crippen LogP contribution in [0.4, 0.5) is 5.69 Å². The SMILES string of the molecule is Cn1ccc(CNc2ccc(CC(N)=O)cc2)c1. The third-order valence-electron chi connectivity index (χ3n) is 2.72. The molecule has 1 amide bonds. The van der Waals surface area contributed by atoms with Crippen LogP contribution in [0.5, 0.6) is 0 Å². The first kappa shape index (κ1) is 12.2. The van der Waals surface area contributed by atoms with Gasteiger partial charge in [0, 0.05) is 31.7 Å². The standard InChI is InChI=1S/C14H17N3O/c1-17-7-6-12(10-17)9-16-13-4-2-11(3-5-13)8-14(15)18/h2-7,10,16H,8-9H2,1H3,(H2,15,18). The molecule has 0 bridgehead atoms. The van der Waals surface area contributed by atoms with Gasteiger partial charge < -0.3 is 15.6 Å². The summed E-state index contributed by atoms with van der Waals surface area (Å²) < 4.78 is 2.02. The average molecular weight is 243 g/mol. The number of benzene rings is 1. The molecule has 0 saturated heterocycles. The Morgan fingerprint density at radius 1 is 1.22 bits per heavy atom. The molecule has 0 atom stereocenters. The third-order valence-corrected chi connectivity index (χ3v) is 2.72. The van der Waals surface area contributed by atoms with Crippen molar-refractivity contribution in [2.45, 2.75) is 13.0 Å². The van der Waals surface area contributed by atoms with Crippen LogP contribution < -0.4 is 11.1 Å². The Hall–Kier alpha value is -2.23. The van der Waals surface area contributed by atoms with Crippen molar-refractivity contribution in [2.75, 3.05) is 5.32 Å². The lowest BCUT2D eigenvalue weighted by atomic mass is 10.1. The van der Waals surface area contributed by atoms with Gasteiger partial charge in [-0.1, -0.05) is 12.1 Å². The number of hydrogen-bond donors (Lipinski definition) is 2. The lowest BCUT2D eigenvalue weighted by Crippen LogP contribution is -2.13. The monoisotopic (exact) mass is 243 g/mol. The van der Waals surface area contributed by atoms with Gasteiger partial charge in [-0.2, -0.15) is 0 Å². The maximum absolute atomic E-state index is 10.8. The summed E-state index contributed by atoms with van der Waals surface area (Å²) in [4.78, 5) is 10.8. The lowest BCUT2D eigenvalue weighted by molar-refractivity contribution is -0.117. The number of primary amides is 1. The van der Waals surface area contributed by atoms with Crippen LogP contribution in [0.2, 0.25) is 0 Å². The van der Waals surface area contributed by atoms with E-state index in [2.05, 4.69) is 17.6 Å². The molecular formula is C14H17N3O. The largest absolute Gasteiger partial charge is 0.381 e. The van der Waals surface area contributed by atoms with E-state index >= 15 is 0 Å². The van der Waals surface area contributed by atoms with Crippen LogP contribution in [0.25, 0.3) is 0 Å². The van der Waals surface area contributed by atoms with Crippen molar-refractivity contribution in [3.05, 3.63) is 53.9 Å². The number of nitrogens with zero attached hydrogens (tertiary/aromatic N) is 1. The van der Waals surface area contributed by atoms with E-state index in [1.807, 2.05) is 42.1 Å². The molecule has 1 aromatic carbocycles. The van der Waals surface area contributed by atoms with Gasteiger partial charge in [-0.15, -0.1) is 0 Å². The molecule has 0 aliphatic heterocycles. The van der Waals surface area contributed by atoms with Crippen LogP contribution in [0.1, 0.15) is 11.1 Å². The summed E-state index contributed by atoms with van der Waals surface area (Å²) in [6, 6.07) is 9.83. The normalized spacial score (nSPS) is 10.3. The van der Waals surface area contributed by atoms with Crippen molar-refractivity contribution in [3.8, 4) is 0 Å². The number of hydrogen-bond acceptors (Lipinski definition) is 2. The van der Waals surface area contributed by atoms with Gasteiger partial charge in [0.15, 0.2) is 0 Å². The van der Waals surface area contributed by atoms with Crippen molar-refractivity contribution < 1.29 is 4.79 Å². The molecule has 1 aromatic heterocycles. The van der Waals surface area contributed by atoms with Crippen LogP contribution in [-0.2, 0) is 24.8 Å². The summed E-state index contributed by atoms with van der Waals surface area (Å²) in [5.41, 5.74) is 8.35. The van der Waals surface area contributed by atoms with Crippen molar-refractivity contribution >= 4 is 11.6 Å². The van der Waals surface area contributed by atoms with Crippen molar-refractivity contribution in [1.29, 1.82) is 0 Å². The predicted octanol–water partition coefficient (Wildman–Crippen LogP) is 1.66. The summed E-state index contributed by atoms with van der Waals surface area (Å²) >= 11 is 0. The number of aryl methyl sites for hydroxylation is 1. The van der Waals surface area contributed by atoms with Gasteiger partial charge in [-0.3, -0.25) is 4.79 Å². The Morgan fingerprint density at radius 3 is 2.50 bits per heavy atom. The summed E-state index contributed by atoms with van der Waals surface area (Å²) in [7, 11) is 2.00. The molecule has 0 aliphatic carbocycles. The number of carbonyl (C=O) groups is 1. The fraction of sp³-hybridized carbons (Fsp3) is 0.214. The minimum absolute atomic E-state index is 0.291. The molecule has 2 aromatic rings. The number of carbonyl (C=O) groups excluding carboxylic acids is 1. The fourth-order valence-corrected chi connectivity index (χ4v) is 1.81. The van der Waals surface area contributed by atoms with E-state index in [1.54, 1.807) is 0 Å². The Labute approximate surface area is 106 Å². The van der Waals surface area contributed by atoms with E-state index in [9.17, 15) is 4.79 Å². The van der Waals surface area contributed by atoms with Crippen molar-refractivity contribution in [1.82, 2.24) is 4.57 Å². The molecule has 0 fully saturated rings. The number of nitrogens with one attached hydrogen (secondary N) is 1. The van der Waals surface area contributed by atoms with Crippen molar-refractivity contribution in [3.63, 3.8) is 0 Å². The van der Waals surface area contributed by atoms with E-state index < -0.39 is 0 Å². The highest BCUT2D eigenvalue weighted by Gasteiger charge is 1.99. The molecule has 94 valence electrons. The molecule has 2 rings (SSSR count). The average Bonchev–Trinajstić information content (AvgIpc) is 2.74. The quantitative estimate of drug-likeness (QED) is 0.839. The number of rotatable bonds is 5. The molecule has 0 radical (unpaired) electrons. The second-order valence-corrected chi connectivity index (χ2v) is 4.38. The molecule has 0 aliphatic rings. The van der Waals surface area contributed by atoms with Gasteiger partial charge in [0.25, 0.3) is 0 Å². The second-order valence-electron chi connectivity index (χ2n) is 4.38. The number of nitrogens with two attached hydrogens (primary N) is 1. The van der Waals surface area contributed by atoms with Gasteiger partial charge in [-0.25, -0.2) is 0 Å². The lowest BCUT2D eigenvalue weighted by Gasteiger charge is -2.06. The minimum Gasteiger partial charge on any atom is -0.381 e. The Bertz CT molecular complexity index is 528. The fourth-order valence-electron chi connectivity index (χ4n) is 1.81. The molecule has 1 heterocycles. The van der Waals surface area contributed by atoms with Gasteiger partial charge >= 0.3 is 0 Å². The third kappa shape index (κ3) is 3.38. The summed E-state index contributed by atoms with van der Waals surface area (Å²) in [6.07, 6.45) is 4.39. The van der Waals surface area contributed by atoms with Crippen LogP contribution in [0, 0.1) is 0 Å². The van der Waals surface area contributed by atoms with Gasteiger partial charge in [-0.05, 0) is 29.3 Å². The maximum atomic E-state index is 10.8. The Balaban J connectivity index is 1.92. The molecular weight excluding hydrogens is 226 g/mol. The molecule has 0 unspecified atom stereocenters. The van der Waals surface area contributed by atoms with Crippen LogP contribution in [0.15, 0.2) is 42.7 Å². The zero-order chi connectivity index (χ0) is 13.0. The maximum Gasteiger partial charge on any atom is 0.221 e. The van der Waals surface area contributed by atoms with E-state index in [4.69, 9.17) is 5.73 Å². The topological polar surface area (TPSA) is 60.1 Å².